The van der Waals surface area contributed by atoms with Gasteiger partial charge in [-0.25, -0.2) is 4.98 Å². The second-order valence-corrected chi connectivity index (χ2v) is 8.23. The number of hydrogen-bond donors (Lipinski definition) is 1. The number of anilines is 1. The van der Waals surface area contributed by atoms with Gasteiger partial charge >= 0.3 is 0 Å². The lowest BCUT2D eigenvalue weighted by atomic mass is 9.92. The number of aromatic nitrogens is 1. The number of amides is 2. The minimum absolute atomic E-state index is 0.0351. The number of carbonyl (C=O) groups excluding carboxylic acids is 2. The topological polar surface area (TPSA) is 65.5 Å². The normalized spacial score (nSPS) is 19.4. The molecule has 2 aliphatic rings. The Morgan fingerprint density at radius 1 is 1.17 bits per heavy atom. The van der Waals surface area contributed by atoms with Crippen LogP contribution in [-0.2, 0) is 4.79 Å². The summed E-state index contributed by atoms with van der Waals surface area (Å²) in [6.07, 6.45) is 2.57. The van der Waals surface area contributed by atoms with E-state index in [0.717, 1.165) is 35.6 Å². The highest BCUT2D eigenvalue weighted by Crippen LogP contribution is 2.30. The van der Waals surface area contributed by atoms with Crippen molar-refractivity contribution in [3.8, 4) is 0 Å². The van der Waals surface area contributed by atoms with Crippen LogP contribution in [0.3, 0.4) is 0 Å². The lowest BCUT2D eigenvalue weighted by Crippen LogP contribution is -2.49. The minimum atomic E-state index is -0.312. The number of halogens is 1. The molecule has 0 aliphatic carbocycles. The SMILES string of the molecule is Cc1cnc(N2CCN(C(=O)c3ccc(Cl)cc3C3CCNC3=O)CC2)c(C)c1. The molecule has 1 aromatic carbocycles. The molecule has 152 valence electrons. The first kappa shape index (κ1) is 19.7. The smallest absolute Gasteiger partial charge is 0.254 e. The molecule has 7 heteroatoms. The number of hydrogen-bond acceptors (Lipinski definition) is 4. The molecule has 0 spiro atoms. The Hall–Kier alpha value is -2.60. The van der Waals surface area contributed by atoms with Gasteiger partial charge in [-0.05, 0) is 55.2 Å². The van der Waals surface area contributed by atoms with E-state index in [4.69, 9.17) is 11.6 Å². The van der Waals surface area contributed by atoms with E-state index in [1.54, 1.807) is 18.2 Å². The van der Waals surface area contributed by atoms with Crippen LogP contribution in [0.1, 0.15) is 39.4 Å². The van der Waals surface area contributed by atoms with Crippen LogP contribution in [0.5, 0.6) is 0 Å². The quantitative estimate of drug-likeness (QED) is 0.841. The number of pyridine rings is 1. The molecule has 3 heterocycles. The second-order valence-electron chi connectivity index (χ2n) is 7.80. The van der Waals surface area contributed by atoms with Gasteiger partial charge in [0.15, 0.2) is 0 Å². The number of piperazine rings is 1. The van der Waals surface area contributed by atoms with Crippen molar-refractivity contribution in [2.75, 3.05) is 37.6 Å². The van der Waals surface area contributed by atoms with Crippen molar-refractivity contribution in [3.63, 3.8) is 0 Å². The van der Waals surface area contributed by atoms with Crippen LogP contribution in [0, 0.1) is 13.8 Å². The van der Waals surface area contributed by atoms with E-state index in [0.29, 0.717) is 36.6 Å². The third kappa shape index (κ3) is 3.94. The summed E-state index contributed by atoms with van der Waals surface area (Å²) in [5, 5.41) is 3.39. The van der Waals surface area contributed by atoms with E-state index >= 15 is 0 Å². The molecule has 6 nitrogen and oxygen atoms in total. The van der Waals surface area contributed by atoms with Crippen LogP contribution in [0.15, 0.2) is 30.5 Å². The van der Waals surface area contributed by atoms with Crippen molar-refractivity contribution < 1.29 is 9.59 Å². The van der Waals surface area contributed by atoms with Crippen molar-refractivity contribution in [3.05, 3.63) is 57.7 Å². The summed E-state index contributed by atoms with van der Waals surface area (Å²) in [5.74, 6) is 0.600. The molecule has 0 saturated carbocycles. The predicted molar refractivity (Wildman–Crippen MR) is 114 cm³/mol. The molecule has 2 saturated heterocycles. The Kier molecular flexibility index (Phi) is 5.46. The maximum atomic E-state index is 13.3. The first-order valence-corrected chi connectivity index (χ1v) is 10.4. The summed E-state index contributed by atoms with van der Waals surface area (Å²) >= 11 is 6.18. The van der Waals surface area contributed by atoms with Gasteiger partial charge < -0.3 is 15.1 Å². The number of benzene rings is 1. The summed E-state index contributed by atoms with van der Waals surface area (Å²) in [6, 6.07) is 7.37. The Morgan fingerprint density at radius 2 is 1.93 bits per heavy atom. The maximum absolute atomic E-state index is 13.3. The largest absolute Gasteiger partial charge is 0.356 e. The molecule has 1 unspecified atom stereocenters. The first-order valence-electron chi connectivity index (χ1n) is 9.98. The fraction of sp³-hybridized carbons (Fsp3) is 0.409. The van der Waals surface area contributed by atoms with Crippen LogP contribution in [0.25, 0.3) is 0 Å². The second kappa shape index (κ2) is 8.03. The van der Waals surface area contributed by atoms with Gasteiger partial charge in [0, 0.05) is 49.5 Å². The predicted octanol–water partition coefficient (Wildman–Crippen LogP) is 2.92. The molecule has 2 amide bonds. The van der Waals surface area contributed by atoms with Crippen molar-refractivity contribution in [1.82, 2.24) is 15.2 Å². The summed E-state index contributed by atoms with van der Waals surface area (Å²) < 4.78 is 0. The van der Waals surface area contributed by atoms with Crippen molar-refractivity contribution in [2.24, 2.45) is 0 Å². The highest BCUT2D eigenvalue weighted by atomic mass is 35.5. The molecular formula is C22H25ClN4O2. The fourth-order valence-corrected chi connectivity index (χ4v) is 4.42. The molecule has 2 aromatic rings. The lowest BCUT2D eigenvalue weighted by molar-refractivity contribution is -0.120. The Labute approximate surface area is 175 Å². The van der Waals surface area contributed by atoms with E-state index in [9.17, 15) is 9.59 Å². The maximum Gasteiger partial charge on any atom is 0.254 e. The first-order chi connectivity index (χ1) is 13.9. The Bertz CT molecular complexity index is 954. The molecule has 0 radical (unpaired) electrons. The number of carbonyl (C=O) groups is 2. The van der Waals surface area contributed by atoms with E-state index < -0.39 is 0 Å². The zero-order valence-electron chi connectivity index (χ0n) is 16.7. The van der Waals surface area contributed by atoms with Crippen LogP contribution in [0.2, 0.25) is 5.02 Å². The van der Waals surface area contributed by atoms with Gasteiger partial charge in [0.2, 0.25) is 5.91 Å². The van der Waals surface area contributed by atoms with E-state index in [2.05, 4.69) is 28.2 Å². The van der Waals surface area contributed by atoms with Gasteiger partial charge in [-0.3, -0.25) is 9.59 Å². The average molecular weight is 413 g/mol. The lowest BCUT2D eigenvalue weighted by Gasteiger charge is -2.36. The molecular weight excluding hydrogens is 388 g/mol. The molecule has 1 N–H and O–H groups in total. The van der Waals surface area contributed by atoms with Crippen LogP contribution in [-0.4, -0.2) is 54.4 Å². The average Bonchev–Trinajstić information content (AvgIpc) is 3.13. The third-order valence-corrected chi connectivity index (χ3v) is 5.96. The van der Waals surface area contributed by atoms with Gasteiger partial charge in [0.25, 0.3) is 5.91 Å². The van der Waals surface area contributed by atoms with Gasteiger partial charge in [-0.15, -0.1) is 0 Å². The summed E-state index contributed by atoms with van der Waals surface area (Å²) in [5.41, 5.74) is 3.61. The van der Waals surface area contributed by atoms with E-state index in [-0.39, 0.29) is 17.7 Å². The van der Waals surface area contributed by atoms with Crippen LogP contribution < -0.4 is 10.2 Å². The molecule has 29 heavy (non-hydrogen) atoms. The van der Waals surface area contributed by atoms with E-state index in [1.807, 2.05) is 18.0 Å². The standard InChI is InChI=1S/C22H25ClN4O2/c1-14-11-15(2)20(25-13-14)26-7-9-27(10-8-26)22(29)18-4-3-16(23)12-19(18)17-5-6-24-21(17)28/h3-4,11-13,17H,5-10H2,1-2H3,(H,24,28). The third-order valence-electron chi connectivity index (χ3n) is 5.72. The highest BCUT2D eigenvalue weighted by Gasteiger charge is 2.32. The summed E-state index contributed by atoms with van der Waals surface area (Å²) in [4.78, 5) is 34.1. The van der Waals surface area contributed by atoms with Crippen LogP contribution in [0.4, 0.5) is 5.82 Å². The molecule has 2 aliphatic heterocycles. The van der Waals surface area contributed by atoms with Gasteiger partial charge in [-0.2, -0.15) is 0 Å². The van der Waals surface area contributed by atoms with Crippen LogP contribution >= 0.6 is 11.6 Å². The number of nitrogens with one attached hydrogen (secondary N) is 1. The zero-order chi connectivity index (χ0) is 20.5. The zero-order valence-corrected chi connectivity index (χ0v) is 17.5. The molecule has 2 fully saturated rings. The molecule has 0 bridgehead atoms. The Balaban J connectivity index is 1.51. The van der Waals surface area contributed by atoms with Gasteiger partial charge in [-0.1, -0.05) is 17.7 Å². The highest BCUT2D eigenvalue weighted by molar-refractivity contribution is 6.30. The van der Waals surface area contributed by atoms with Crippen molar-refractivity contribution in [2.45, 2.75) is 26.2 Å². The molecule has 1 aromatic heterocycles. The molecule has 1 atom stereocenters. The Morgan fingerprint density at radius 3 is 2.59 bits per heavy atom. The van der Waals surface area contributed by atoms with Crippen molar-refractivity contribution in [1.29, 1.82) is 0 Å². The van der Waals surface area contributed by atoms with Gasteiger partial charge in [0.1, 0.15) is 5.82 Å². The number of aryl methyl sites for hydroxylation is 2. The summed E-state index contributed by atoms with van der Waals surface area (Å²) in [6.45, 7) is 7.43. The van der Waals surface area contributed by atoms with Crippen molar-refractivity contribution >= 4 is 29.2 Å². The number of rotatable bonds is 3. The fourth-order valence-electron chi connectivity index (χ4n) is 4.24. The number of nitrogens with zero attached hydrogens (tertiary/aromatic N) is 3. The van der Waals surface area contributed by atoms with Gasteiger partial charge in [0.05, 0.1) is 5.92 Å². The molecule has 4 rings (SSSR count). The monoisotopic (exact) mass is 412 g/mol. The summed E-state index contributed by atoms with van der Waals surface area (Å²) in [7, 11) is 0. The van der Waals surface area contributed by atoms with E-state index in [1.165, 1.54) is 0 Å². The minimum Gasteiger partial charge on any atom is -0.356 e.